The molecule has 0 aliphatic heterocycles. The predicted octanol–water partition coefficient (Wildman–Crippen LogP) is 3.72. The van der Waals surface area contributed by atoms with Gasteiger partial charge in [0.1, 0.15) is 22.9 Å². The van der Waals surface area contributed by atoms with Crippen molar-refractivity contribution >= 4 is 40.6 Å². The fourth-order valence-corrected chi connectivity index (χ4v) is 3.55. The Morgan fingerprint density at radius 1 is 1.08 bits per heavy atom. The van der Waals surface area contributed by atoms with Crippen molar-refractivity contribution in [3.8, 4) is 11.5 Å². The second-order valence-electron chi connectivity index (χ2n) is 8.19. The summed E-state index contributed by atoms with van der Waals surface area (Å²) < 4.78 is 12.3. The van der Waals surface area contributed by atoms with Crippen LogP contribution < -0.4 is 31.2 Å². The van der Waals surface area contributed by atoms with E-state index in [9.17, 15) is 9.59 Å². The number of ether oxygens (including phenoxy) is 2. The number of hydrogen-bond donors (Lipinski definition) is 4. The first-order valence-electron chi connectivity index (χ1n) is 11.2. The molecule has 0 fully saturated rings. The van der Waals surface area contributed by atoms with Crippen LogP contribution in [0.25, 0.3) is 5.65 Å². The highest BCUT2D eigenvalue weighted by atomic mass is 16.5. The number of primary amides is 1. The maximum atomic E-state index is 12.0. The van der Waals surface area contributed by atoms with Crippen LogP contribution in [0.4, 0.5) is 23.1 Å². The lowest BCUT2D eigenvalue weighted by molar-refractivity contribution is -0.112. The number of carbonyl (C=O) groups excluding carboxylic acids is 2. The number of hydrogen-bond acceptors (Lipinski definition) is 8. The normalized spacial score (nSPS) is 10.6. The summed E-state index contributed by atoms with van der Waals surface area (Å²) in [4.78, 5) is 32.9. The van der Waals surface area contributed by atoms with Crippen molar-refractivity contribution in [1.29, 1.82) is 0 Å². The minimum Gasteiger partial charge on any atom is -0.497 e. The maximum absolute atomic E-state index is 12.0. The highest BCUT2D eigenvalue weighted by Gasteiger charge is 2.16. The molecule has 0 bridgehead atoms. The Balaban J connectivity index is 1.61. The molecule has 2 amide bonds. The zero-order valence-corrected chi connectivity index (χ0v) is 20.7. The van der Waals surface area contributed by atoms with Gasteiger partial charge in [0, 0.05) is 47.9 Å². The Morgan fingerprint density at radius 3 is 2.46 bits per heavy atom. The first-order chi connectivity index (χ1) is 17.8. The van der Waals surface area contributed by atoms with Crippen molar-refractivity contribution in [3.63, 3.8) is 0 Å². The summed E-state index contributed by atoms with van der Waals surface area (Å²) in [6.07, 6.45) is 3.08. The monoisotopic (exact) mass is 501 g/mol. The molecule has 4 aromatic rings. The van der Waals surface area contributed by atoms with E-state index in [0.717, 1.165) is 5.56 Å². The Kier molecular flexibility index (Phi) is 7.23. The summed E-state index contributed by atoms with van der Waals surface area (Å²) >= 11 is 0. The molecule has 37 heavy (non-hydrogen) atoms. The van der Waals surface area contributed by atoms with Gasteiger partial charge in [0.2, 0.25) is 5.95 Å². The molecule has 5 N–H and O–H groups in total. The average molecular weight is 502 g/mol. The highest BCUT2D eigenvalue weighted by molar-refractivity contribution is 6.02. The molecule has 0 atom stereocenters. The van der Waals surface area contributed by atoms with E-state index in [4.69, 9.17) is 15.2 Å². The predicted molar refractivity (Wildman–Crippen MR) is 142 cm³/mol. The van der Waals surface area contributed by atoms with E-state index < -0.39 is 5.91 Å². The summed E-state index contributed by atoms with van der Waals surface area (Å²) in [5.74, 6) is 1.22. The zero-order chi connectivity index (χ0) is 26.5. The summed E-state index contributed by atoms with van der Waals surface area (Å²) in [6.45, 7) is 5.69. The molecular weight excluding hydrogens is 474 g/mol. The third-order valence-corrected chi connectivity index (χ3v) is 5.40. The smallest absolute Gasteiger partial charge is 0.254 e. The van der Waals surface area contributed by atoms with E-state index in [1.54, 1.807) is 56.0 Å². The molecular formula is C26H27N7O4. The Labute approximate surface area is 213 Å². The van der Waals surface area contributed by atoms with E-state index in [2.05, 4.69) is 32.5 Å². The molecule has 11 nitrogen and oxygen atoms in total. The number of nitrogens with two attached hydrogens (primary N) is 1. The van der Waals surface area contributed by atoms with Gasteiger partial charge in [0.15, 0.2) is 5.65 Å². The number of imidazole rings is 1. The highest BCUT2D eigenvalue weighted by Crippen LogP contribution is 2.28. The minimum atomic E-state index is -0.648. The van der Waals surface area contributed by atoms with Gasteiger partial charge in [-0.15, -0.1) is 0 Å². The standard InChI is InChI=1S/C26H27N7O4/c1-15(2)25(35)31-17-7-5-6-16(8-17)12-28-26-29-13-21(23(27)34)24-32-22(14-33(24)26)30-18-9-19(36-3)11-20(10-18)37-4/h5-11,13-14,30H,1,12H2,2-4H3,(H2,27,34)(H,28,29)(H,31,35). The van der Waals surface area contributed by atoms with E-state index in [-0.39, 0.29) is 11.5 Å². The first kappa shape index (κ1) is 25.0. The van der Waals surface area contributed by atoms with Gasteiger partial charge in [-0.05, 0) is 24.6 Å². The first-order valence-corrected chi connectivity index (χ1v) is 11.2. The van der Waals surface area contributed by atoms with E-state index in [1.807, 2.05) is 18.2 Å². The van der Waals surface area contributed by atoms with Crippen LogP contribution in [-0.2, 0) is 11.3 Å². The van der Waals surface area contributed by atoms with Gasteiger partial charge in [0.25, 0.3) is 11.8 Å². The molecule has 11 heteroatoms. The van der Waals surface area contributed by atoms with E-state index in [0.29, 0.717) is 52.4 Å². The van der Waals surface area contributed by atoms with Crippen molar-refractivity contribution in [1.82, 2.24) is 14.4 Å². The summed E-state index contributed by atoms with van der Waals surface area (Å²) in [6, 6.07) is 12.7. The number of aromatic nitrogens is 3. The van der Waals surface area contributed by atoms with Gasteiger partial charge >= 0.3 is 0 Å². The zero-order valence-electron chi connectivity index (χ0n) is 20.7. The van der Waals surface area contributed by atoms with Gasteiger partial charge in [-0.3, -0.25) is 14.0 Å². The third kappa shape index (κ3) is 5.78. The third-order valence-electron chi connectivity index (χ3n) is 5.40. The number of anilines is 4. The Morgan fingerprint density at radius 2 is 1.81 bits per heavy atom. The second kappa shape index (κ2) is 10.7. The number of fused-ring (bicyclic) bond motifs is 1. The number of carbonyl (C=O) groups is 2. The van der Waals surface area contributed by atoms with Crippen LogP contribution in [-0.4, -0.2) is 40.4 Å². The summed E-state index contributed by atoms with van der Waals surface area (Å²) in [7, 11) is 3.13. The lowest BCUT2D eigenvalue weighted by Gasteiger charge is -2.11. The largest absolute Gasteiger partial charge is 0.497 e. The van der Waals surface area contributed by atoms with Gasteiger partial charge in [-0.1, -0.05) is 18.7 Å². The molecule has 190 valence electrons. The number of methoxy groups -OCH3 is 2. The van der Waals surface area contributed by atoms with Gasteiger partial charge in [0.05, 0.1) is 20.4 Å². The van der Waals surface area contributed by atoms with Crippen molar-refractivity contribution in [2.75, 3.05) is 30.2 Å². The number of nitrogens with one attached hydrogen (secondary N) is 3. The van der Waals surface area contributed by atoms with E-state index in [1.165, 1.54) is 6.20 Å². The topological polar surface area (TPSA) is 145 Å². The molecule has 4 rings (SSSR count). The van der Waals surface area contributed by atoms with Gasteiger partial charge in [-0.25, -0.2) is 9.97 Å². The molecule has 0 spiro atoms. The van der Waals surface area contributed by atoms with Crippen LogP contribution in [0.1, 0.15) is 22.8 Å². The lowest BCUT2D eigenvalue weighted by Crippen LogP contribution is -2.15. The van der Waals surface area contributed by atoms with Gasteiger partial charge < -0.3 is 31.2 Å². The maximum Gasteiger partial charge on any atom is 0.254 e. The van der Waals surface area contributed by atoms with Crippen LogP contribution in [0.15, 0.2) is 67.0 Å². The average Bonchev–Trinajstić information content (AvgIpc) is 3.30. The molecule has 0 unspecified atom stereocenters. The van der Waals surface area contributed by atoms with Crippen LogP contribution in [0.5, 0.6) is 11.5 Å². The minimum absolute atomic E-state index is 0.173. The molecule has 0 saturated carbocycles. The van der Waals surface area contributed by atoms with Gasteiger partial charge in [-0.2, -0.15) is 0 Å². The van der Waals surface area contributed by atoms with Crippen LogP contribution in [0.3, 0.4) is 0 Å². The molecule has 0 saturated heterocycles. The number of nitrogens with zero attached hydrogens (tertiary/aromatic N) is 3. The second-order valence-corrected chi connectivity index (χ2v) is 8.19. The Hall–Kier alpha value is -5.06. The summed E-state index contributed by atoms with van der Waals surface area (Å²) in [5, 5.41) is 9.24. The number of rotatable bonds is 10. The number of benzene rings is 2. The van der Waals surface area contributed by atoms with Crippen molar-refractivity contribution in [3.05, 3.63) is 78.1 Å². The molecule has 0 aliphatic rings. The summed E-state index contributed by atoms with van der Waals surface area (Å²) in [5.41, 5.74) is 8.72. The molecule has 2 aromatic heterocycles. The molecule has 0 aliphatic carbocycles. The van der Waals surface area contributed by atoms with Crippen molar-refractivity contribution < 1.29 is 19.1 Å². The number of amides is 2. The van der Waals surface area contributed by atoms with Crippen LogP contribution in [0, 0.1) is 0 Å². The fourth-order valence-electron chi connectivity index (χ4n) is 3.55. The lowest BCUT2D eigenvalue weighted by atomic mass is 10.2. The van der Waals surface area contributed by atoms with Crippen LogP contribution >= 0.6 is 0 Å². The Bertz CT molecular complexity index is 1470. The van der Waals surface area contributed by atoms with Crippen molar-refractivity contribution in [2.45, 2.75) is 13.5 Å². The SMILES string of the molecule is C=C(C)C(=O)Nc1cccc(CNc2ncc(C(N)=O)c3nc(Nc4cc(OC)cc(OC)c4)cn23)c1. The fraction of sp³-hybridized carbons (Fsp3) is 0.154. The molecule has 2 heterocycles. The van der Waals surface area contributed by atoms with E-state index >= 15 is 0 Å². The molecule has 0 radical (unpaired) electrons. The van der Waals surface area contributed by atoms with Crippen LogP contribution in [0.2, 0.25) is 0 Å². The molecule has 2 aromatic carbocycles. The van der Waals surface area contributed by atoms with Crippen molar-refractivity contribution in [2.24, 2.45) is 5.73 Å². The quantitative estimate of drug-likeness (QED) is 0.241.